The maximum absolute atomic E-state index is 5.81. The summed E-state index contributed by atoms with van der Waals surface area (Å²) in [6.07, 6.45) is 3.03. The van der Waals surface area contributed by atoms with E-state index in [4.69, 9.17) is 22.2 Å². The van der Waals surface area contributed by atoms with E-state index >= 15 is 0 Å². The van der Waals surface area contributed by atoms with Crippen LogP contribution in [0, 0.1) is 0 Å². The van der Waals surface area contributed by atoms with Crippen molar-refractivity contribution in [1.82, 2.24) is 4.98 Å². The summed E-state index contributed by atoms with van der Waals surface area (Å²) in [7, 11) is 0. The molecule has 0 aliphatic carbocycles. The van der Waals surface area contributed by atoms with Crippen molar-refractivity contribution >= 4 is 23.5 Å². The van der Waals surface area contributed by atoms with Crippen molar-refractivity contribution in [2.75, 3.05) is 5.73 Å². The molecule has 0 atom stereocenters. The Balaban J connectivity index is 2.80. The van der Waals surface area contributed by atoms with Gasteiger partial charge in [-0.25, -0.2) is 4.98 Å². The summed E-state index contributed by atoms with van der Waals surface area (Å²) in [5.74, 6) is 0. The van der Waals surface area contributed by atoms with Crippen LogP contribution in [0.3, 0.4) is 0 Å². The molecule has 0 unspecified atom stereocenters. The highest BCUT2D eigenvalue weighted by Crippen LogP contribution is 2.16. The van der Waals surface area contributed by atoms with Gasteiger partial charge in [-0.15, -0.1) is 0 Å². The summed E-state index contributed by atoms with van der Waals surface area (Å²) in [5.41, 5.74) is 6.77. The third-order valence-electron chi connectivity index (χ3n) is 1.43. The molecule has 4 nitrogen and oxygen atoms in total. The van der Waals surface area contributed by atoms with Crippen molar-refractivity contribution in [3.63, 3.8) is 0 Å². The minimum absolute atomic E-state index is 0.0305. The Kier molecular flexibility index (Phi) is 3.71. The second-order valence-electron chi connectivity index (χ2n) is 2.99. The van der Waals surface area contributed by atoms with Crippen LogP contribution < -0.4 is 5.73 Å². The fraction of sp³-hybridized carbons (Fsp3) is 0.333. The second-order valence-corrected chi connectivity index (χ2v) is 3.35. The van der Waals surface area contributed by atoms with Gasteiger partial charge in [0.05, 0.1) is 11.8 Å². The summed E-state index contributed by atoms with van der Waals surface area (Å²) in [4.78, 5) is 8.86. The van der Waals surface area contributed by atoms with Crippen LogP contribution in [0.1, 0.15) is 19.4 Å². The standard InChI is InChI=1S/C9H12ClN3O/c1-6(2)14-13-5-7-8(11)3-4-12-9(7)10/h3-6H,1-2H3,(H2,11,12)/b13-5+. The molecule has 0 aliphatic heterocycles. The first-order chi connectivity index (χ1) is 6.61. The molecule has 0 amide bonds. The number of rotatable bonds is 3. The van der Waals surface area contributed by atoms with E-state index in [1.807, 2.05) is 13.8 Å². The first-order valence-corrected chi connectivity index (χ1v) is 4.58. The van der Waals surface area contributed by atoms with Gasteiger partial charge < -0.3 is 10.6 Å². The lowest BCUT2D eigenvalue weighted by Gasteiger charge is -2.03. The molecule has 0 aromatic carbocycles. The van der Waals surface area contributed by atoms with Gasteiger partial charge in [-0.3, -0.25) is 0 Å². The predicted molar refractivity (Wildman–Crippen MR) is 57.5 cm³/mol. The quantitative estimate of drug-likeness (QED) is 0.475. The maximum Gasteiger partial charge on any atom is 0.139 e. The van der Waals surface area contributed by atoms with E-state index in [1.165, 1.54) is 12.4 Å². The second kappa shape index (κ2) is 4.81. The Morgan fingerprint density at radius 2 is 2.36 bits per heavy atom. The van der Waals surface area contributed by atoms with E-state index in [0.29, 0.717) is 16.4 Å². The summed E-state index contributed by atoms with van der Waals surface area (Å²) in [6.45, 7) is 3.76. The van der Waals surface area contributed by atoms with E-state index in [0.717, 1.165) is 0 Å². The highest BCUT2D eigenvalue weighted by atomic mass is 35.5. The number of aromatic nitrogens is 1. The van der Waals surface area contributed by atoms with Crippen LogP contribution in [-0.2, 0) is 4.84 Å². The minimum Gasteiger partial charge on any atom is -0.398 e. The lowest BCUT2D eigenvalue weighted by Crippen LogP contribution is -1.99. The molecule has 0 radical (unpaired) electrons. The summed E-state index contributed by atoms with van der Waals surface area (Å²) >= 11 is 5.81. The highest BCUT2D eigenvalue weighted by Gasteiger charge is 2.02. The molecule has 1 rings (SSSR count). The van der Waals surface area contributed by atoms with E-state index in [9.17, 15) is 0 Å². The summed E-state index contributed by atoms with van der Waals surface area (Å²) in [5, 5.41) is 4.05. The number of hydrogen-bond donors (Lipinski definition) is 1. The predicted octanol–water partition coefficient (Wildman–Crippen LogP) is 2.08. The largest absolute Gasteiger partial charge is 0.398 e. The number of nitrogens with zero attached hydrogens (tertiary/aromatic N) is 2. The van der Waals surface area contributed by atoms with Crippen molar-refractivity contribution in [2.24, 2.45) is 5.16 Å². The third kappa shape index (κ3) is 2.88. The van der Waals surface area contributed by atoms with Gasteiger partial charge in [0.25, 0.3) is 0 Å². The fourth-order valence-corrected chi connectivity index (χ4v) is 1.01. The Morgan fingerprint density at radius 3 is 2.93 bits per heavy atom. The fourth-order valence-electron chi connectivity index (χ4n) is 0.794. The van der Waals surface area contributed by atoms with E-state index in [2.05, 4.69) is 10.1 Å². The number of nitrogens with two attached hydrogens (primary N) is 1. The van der Waals surface area contributed by atoms with Crippen LogP contribution in [0.15, 0.2) is 17.4 Å². The number of pyridine rings is 1. The average Bonchev–Trinajstić information content (AvgIpc) is 2.09. The normalized spacial score (nSPS) is 11.1. The Bertz CT molecular complexity index is 319. The molecule has 1 aromatic rings. The minimum atomic E-state index is 0.0305. The third-order valence-corrected chi connectivity index (χ3v) is 1.73. The van der Waals surface area contributed by atoms with Crippen molar-refractivity contribution in [3.05, 3.63) is 23.0 Å². The molecule has 2 N–H and O–H groups in total. The van der Waals surface area contributed by atoms with Gasteiger partial charge in [-0.1, -0.05) is 16.8 Å². The first kappa shape index (κ1) is 10.8. The van der Waals surface area contributed by atoms with Crippen molar-refractivity contribution in [2.45, 2.75) is 20.0 Å². The van der Waals surface area contributed by atoms with Crippen LogP contribution in [-0.4, -0.2) is 17.3 Å². The monoisotopic (exact) mass is 213 g/mol. The van der Waals surface area contributed by atoms with Gasteiger partial charge in [0.1, 0.15) is 11.3 Å². The highest BCUT2D eigenvalue weighted by molar-refractivity contribution is 6.32. The smallest absolute Gasteiger partial charge is 0.139 e. The topological polar surface area (TPSA) is 60.5 Å². The van der Waals surface area contributed by atoms with Crippen LogP contribution in [0.4, 0.5) is 5.69 Å². The van der Waals surface area contributed by atoms with Gasteiger partial charge >= 0.3 is 0 Å². The first-order valence-electron chi connectivity index (χ1n) is 4.20. The summed E-state index contributed by atoms with van der Waals surface area (Å²) in [6, 6.07) is 1.66. The van der Waals surface area contributed by atoms with E-state index in [1.54, 1.807) is 6.07 Å². The zero-order valence-electron chi connectivity index (χ0n) is 8.07. The maximum atomic E-state index is 5.81. The zero-order chi connectivity index (χ0) is 10.6. The number of nitrogen functional groups attached to an aromatic ring is 1. The van der Waals surface area contributed by atoms with Crippen LogP contribution in [0.5, 0.6) is 0 Å². The molecule has 0 aliphatic rings. The molecule has 1 heterocycles. The van der Waals surface area contributed by atoms with Gasteiger partial charge in [-0.05, 0) is 19.9 Å². The molecule has 0 bridgehead atoms. The zero-order valence-corrected chi connectivity index (χ0v) is 8.82. The molecular weight excluding hydrogens is 202 g/mol. The molecule has 76 valence electrons. The Morgan fingerprint density at radius 1 is 1.64 bits per heavy atom. The molecular formula is C9H12ClN3O. The van der Waals surface area contributed by atoms with Crippen LogP contribution in [0.2, 0.25) is 5.15 Å². The molecule has 1 aromatic heterocycles. The average molecular weight is 214 g/mol. The number of halogens is 1. The van der Waals surface area contributed by atoms with Gasteiger partial charge in [0.2, 0.25) is 0 Å². The summed E-state index contributed by atoms with van der Waals surface area (Å²) < 4.78 is 0. The van der Waals surface area contributed by atoms with E-state index < -0.39 is 0 Å². The SMILES string of the molecule is CC(C)O/N=C/c1c(N)ccnc1Cl. The van der Waals surface area contributed by atoms with Crippen molar-refractivity contribution in [1.29, 1.82) is 0 Å². The van der Waals surface area contributed by atoms with Crippen molar-refractivity contribution < 1.29 is 4.84 Å². The van der Waals surface area contributed by atoms with Crippen molar-refractivity contribution in [3.8, 4) is 0 Å². The molecule has 0 saturated heterocycles. The Labute approximate surface area is 87.7 Å². The molecule has 5 heteroatoms. The lowest BCUT2D eigenvalue weighted by molar-refractivity contribution is 0.0874. The van der Waals surface area contributed by atoms with Gasteiger partial charge in [-0.2, -0.15) is 0 Å². The molecule has 14 heavy (non-hydrogen) atoms. The Hall–Kier alpha value is -1.29. The van der Waals surface area contributed by atoms with Gasteiger partial charge in [0, 0.05) is 11.9 Å². The number of hydrogen-bond acceptors (Lipinski definition) is 4. The molecule has 0 fully saturated rings. The van der Waals surface area contributed by atoms with Crippen LogP contribution in [0.25, 0.3) is 0 Å². The number of oxime groups is 1. The number of anilines is 1. The molecule has 0 saturated carbocycles. The van der Waals surface area contributed by atoms with Gasteiger partial charge in [0.15, 0.2) is 0 Å². The lowest BCUT2D eigenvalue weighted by atomic mass is 10.2. The molecule has 0 spiro atoms. The van der Waals surface area contributed by atoms with E-state index in [-0.39, 0.29) is 6.10 Å². The van der Waals surface area contributed by atoms with Crippen LogP contribution >= 0.6 is 11.6 Å².